The molecule has 0 unspecified atom stereocenters. The molecular weight excluding hydrogens is 505 g/mol. The third-order valence-electron chi connectivity index (χ3n) is 5.04. The number of para-hydroxylation sites is 2. The largest absolute Gasteiger partial charge is 0.485 e. The summed E-state index contributed by atoms with van der Waals surface area (Å²) in [7, 11) is 0. The van der Waals surface area contributed by atoms with Gasteiger partial charge in [0.1, 0.15) is 6.61 Å². The highest BCUT2D eigenvalue weighted by atomic mass is 35.5. The number of amides is 1. The minimum Gasteiger partial charge on any atom is -0.485 e. The predicted octanol–water partition coefficient (Wildman–Crippen LogP) is 5.77. The van der Waals surface area contributed by atoms with Crippen LogP contribution in [0.15, 0.2) is 60.3 Å². The molecule has 2 aromatic carbocycles. The maximum Gasteiger partial charge on any atom is 0.417 e. The monoisotopic (exact) mass is 524 g/mol. The first-order valence-corrected chi connectivity index (χ1v) is 11.7. The summed E-state index contributed by atoms with van der Waals surface area (Å²) in [5.74, 6) is 1.21. The third-order valence-corrected chi connectivity index (χ3v) is 6.45. The Hall–Kier alpha value is -3.18. The number of nitrogens with zero attached hydrogens (tertiary/aromatic N) is 3. The lowest BCUT2D eigenvalue weighted by Crippen LogP contribution is -2.25. The van der Waals surface area contributed by atoms with Crippen molar-refractivity contribution in [1.82, 2.24) is 14.8 Å². The second-order valence-electron chi connectivity index (χ2n) is 7.55. The molecule has 0 aliphatic carbocycles. The number of nitrogens with one attached hydrogen (secondary N) is 1. The Morgan fingerprint density at radius 1 is 1.31 bits per heavy atom. The molecule has 12 heteroatoms. The van der Waals surface area contributed by atoms with Gasteiger partial charge in [-0.05, 0) is 37.3 Å². The van der Waals surface area contributed by atoms with Gasteiger partial charge in [0.25, 0.3) is 0 Å². The molecule has 0 fully saturated rings. The van der Waals surface area contributed by atoms with Crippen LogP contribution in [-0.2, 0) is 17.5 Å². The molecule has 1 aliphatic rings. The van der Waals surface area contributed by atoms with Crippen LogP contribution in [0.25, 0.3) is 0 Å². The Morgan fingerprint density at radius 2 is 2.06 bits per heavy atom. The summed E-state index contributed by atoms with van der Waals surface area (Å²) in [6.45, 7) is 5.96. The maximum absolute atomic E-state index is 13.1. The van der Waals surface area contributed by atoms with Crippen LogP contribution >= 0.6 is 23.4 Å². The van der Waals surface area contributed by atoms with E-state index in [1.54, 1.807) is 29.7 Å². The van der Waals surface area contributed by atoms with E-state index >= 15 is 0 Å². The first-order valence-electron chi connectivity index (χ1n) is 10.4. The zero-order valence-electron chi connectivity index (χ0n) is 18.4. The van der Waals surface area contributed by atoms with Crippen molar-refractivity contribution in [2.45, 2.75) is 36.2 Å². The highest BCUT2D eigenvalue weighted by Crippen LogP contribution is 2.38. The van der Waals surface area contributed by atoms with Gasteiger partial charge >= 0.3 is 6.18 Å². The van der Waals surface area contributed by atoms with Crippen LogP contribution in [0.4, 0.5) is 18.9 Å². The first kappa shape index (κ1) is 24.9. The molecule has 0 bridgehead atoms. The third kappa shape index (κ3) is 5.57. The standard InChI is InChI=1S/C23H20ClF3N4O3S/c1-3-10-31-20(19-12-33-17-6-4-5-7-18(17)34-19)29-30-22(31)35-13(2)21(32)28-14-8-9-16(24)15(11-14)23(25,26)27/h3-9,11,13,19H,1,10,12H2,2H3,(H,28,32)/t13-,19+/m0/s1. The number of aromatic nitrogens is 3. The molecule has 0 saturated heterocycles. The number of alkyl halides is 3. The summed E-state index contributed by atoms with van der Waals surface area (Å²) in [6, 6.07) is 10.5. The molecule has 3 aromatic rings. The topological polar surface area (TPSA) is 78.3 Å². The van der Waals surface area contributed by atoms with Gasteiger partial charge in [-0.2, -0.15) is 13.2 Å². The van der Waals surface area contributed by atoms with Gasteiger partial charge in [0, 0.05) is 12.2 Å². The van der Waals surface area contributed by atoms with Crippen molar-refractivity contribution in [3.05, 3.63) is 71.5 Å². The summed E-state index contributed by atoms with van der Waals surface area (Å²) >= 11 is 6.75. The van der Waals surface area contributed by atoms with Crippen LogP contribution in [0, 0.1) is 0 Å². The van der Waals surface area contributed by atoms with Crippen LogP contribution in [0.3, 0.4) is 0 Å². The molecule has 35 heavy (non-hydrogen) atoms. The number of carbonyl (C=O) groups excluding carboxylic acids is 1. The number of anilines is 1. The van der Waals surface area contributed by atoms with E-state index in [1.807, 2.05) is 12.1 Å². The van der Waals surface area contributed by atoms with Gasteiger partial charge in [0.2, 0.25) is 5.91 Å². The predicted molar refractivity (Wildman–Crippen MR) is 126 cm³/mol. The van der Waals surface area contributed by atoms with Crippen molar-refractivity contribution >= 4 is 35.0 Å². The number of allylic oxidation sites excluding steroid dienone is 1. The van der Waals surface area contributed by atoms with E-state index in [-0.39, 0.29) is 12.3 Å². The van der Waals surface area contributed by atoms with Crippen molar-refractivity contribution < 1.29 is 27.4 Å². The van der Waals surface area contributed by atoms with Crippen molar-refractivity contribution in [2.24, 2.45) is 0 Å². The van der Waals surface area contributed by atoms with E-state index in [2.05, 4.69) is 22.1 Å². The fourth-order valence-electron chi connectivity index (χ4n) is 3.35. The fourth-order valence-corrected chi connectivity index (χ4v) is 4.44. The van der Waals surface area contributed by atoms with Gasteiger partial charge < -0.3 is 14.8 Å². The molecule has 1 N–H and O–H groups in total. The quantitative estimate of drug-likeness (QED) is 0.312. The van der Waals surface area contributed by atoms with Gasteiger partial charge in [-0.15, -0.1) is 16.8 Å². The van der Waals surface area contributed by atoms with E-state index in [4.69, 9.17) is 21.1 Å². The number of hydrogen-bond donors (Lipinski definition) is 1. The number of rotatable bonds is 7. The Labute approximate surface area is 208 Å². The second kappa shape index (κ2) is 10.2. The zero-order chi connectivity index (χ0) is 25.2. The molecule has 4 rings (SSSR count). The number of benzene rings is 2. The molecular formula is C23H20ClF3N4O3S. The summed E-state index contributed by atoms with van der Waals surface area (Å²) in [5, 5.41) is 10.2. The fraction of sp³-hybridized carbons (Fsp3) is 0.261. The molecule has 184 valence electrons. The maximum atomic E-state index is 13.1. The number of hydrogen-bond acceptors (Lipinski definition) is 6. The molecule has 1 aliphatic heterocycles. The molecule has 1 aromatic heterocycles. The number of fused-ring (bicyclic) bond motifs is 1. The number of carbonyl (C=O) groups is 1. The minimum atomic E-state index is -4.64. The zero-order valence-corrected chi connectivity index (χ0v) is 20.0. The SMILES string of the molecule is C=CCn1c(S[C@@H](C)C(=O)Nc2ccc(Cl)c(C(F)(F)F)c2)nnc1[C@H]1COc2ccccc2O1. The van der Waals surface area contributed by atoms with Crippen molar-refractivity contribution in [3.63, 3.8) is 0 Å². The van der Waals surface area contributed by atoms with Gasteiger partial charge in [0.05, 0.1) is 15.8 Å². The normalized spacial score (nSPS) is 16.0. The molecule has 7 nitrogen and oxygen atoms in total. The van der Waals surface area contributed by atoms with Crippen LogP contribution < -0.4 is 14.8 Å². The average molecular weight is 525 g/mol. The van der Waals surface area contributed by atoms with Crippen molar-refractivity contribution in [3.8, 4) is 11.5 Å². The summed E-state index contributed by atoms with van der Waals surface area (Å²) in [6.07, 6.45) is -3.50. The van der Waals surface area contributed by atoms with Crippen LogP contribution in [0.5, 0.6) is 11.5 Å². The van der Waals surface area contributed by atoms with E-state index in [1.165, 1.54) is 6.07 Å². The Morgan fingerprint density at radius 3 is 2.77 bits per heavy atom. The van der Waals surface area contributed by atoms with Crippen LogP contribution in [0.2, 0.25) is 5.02 Å². The number of ether oxygens (including phenoxy) is 2. The molecule has 1 amide bonds. The Bertz CT molecular complexity index is 1250. The molecule has 0 saturated carbocycles. The number of halogens is 4. The lowest BCUT2D eigenvalue weighted by molar-refractivity contribution is -0.137. The van der Waals surface area contributed by atoms with E-state index < -0.39 is 34.0 Å². The minimum absolute atomic E-state index is 0.0150. The lowest BCUT2D eigenvalue weighted by Gasteiger charge is -2.26. The molecule has 0 spiro atoms. The van der Waals surface area contributed by atoms with Crippen molar-refractivity contribution in [2.75, 3.05) is 11.9 Å². The molecule has 2 heterocycles. The second-order valence-corrected chi connectivity index (χ2v) is 9.26. The summed E-state index contributed by atoms with van der Waals surface area (Å²) in [4.78, 5) is 12.7. The van der Waals surface area contributed by atoms with Crippen molar-refractivity contribution in [1.29, 1.82) is 0 Å². The highest BCUT2D eigenvalue weighted by Gasteiger charge is 2.34. The Kier molecular flexibility index (Phi) is 7.27. The molecule has 0 radical (unpaired) electrons. The van der Waals surface area contributed by atoms with Crippen LogP contribution in [-0.4, -0.2) is 32.5 Å². The van der Waals surface area contributed by atoms with E-state index in [0.717, 1.165) is 23.9 Å². The smallest absolute Gasteiger partial charge is 0.417 e. The van der Waals surface area contributed by atoms with E-state index in [0.29, 0.717) is 29.0 Å². The average Bonchev–Trinajstić information content (AvgIpc) is 3.21. The van der Waals surface area contributed by atoms with Gasteiger partial charge in [-0.3, -0.25) is 9.36 Å². The summed E-state index contributed by atoms with van der Waals surface area (Å²) in [5.41, 5.74) is -1.04. The first-order chi connectivity index (χ1) is 16.7. The van der Waals surface area contributed by atoms with Gasteiger partial charge in [-0.25, -0.2) is 0 Å². The number of thioether (sulfide) groups is 1. The molecule has 2 atom stereocenters. The lowest BCUT2D eigenvalue weighted by atomic mass is 10.2. The Balaban J connectivity index is 1.49. The highest BCUT2D eigenvalue weighted by molar-refractivity contribution is 8.00. The van der Waals surface area contributed by atoms with E-state index in [9.17, 15) is 18.0 Å². The van der Waals surface area contributed by atoms with Gasteiger partial charge in [-0.1, -0.05) is 41.6 Å². The summed E-state index contributed by atoms with van der Waals surface area (Å²) < 4.78 is 52.9. The van der Waals surface area contributed by atoms with Gasteiger partial charge in [0.15, 0.2) is 28.6 Å². The van der Waals surface area contributed by atoms with Crippen LogP contribution in [0.1, 0.15) is 24.4 Å².